The van der Waals surface area contributed by atoms with Crippen LogP contribution in [-0.2, 0) is 21.7 Å². The normalized spacial score (nSPS) is 20.1. The molecule has 0 saturated carbocycles. The van der Waals surface area contributed by atoms with Gasteiger partial charge in [-0.25, -0.2) is 0 Å². The fourth-order valence-corrected chi connectivity index (χ4v) is 4.04. The molecule has 0 bridgehead atoms. The Bertz CT molecular complexity index is 447. The zero-order valence-corrected chi connectivity index (χ0v) is 14.4. The van der Waals surface area contributed by atoms with E-state index in [-0.39, 0.29) is 27.1 Å². The summed E-state index contributed by atoms with van der Waals surface area (Å²) in [5.74, 6) is 0. The topological polar surface area (TPSA) is 0 Å². The van der Waals surface area contributed by atoms with Gasteiger partial charge >= 0.3 is 0 Å². The van der Waals surface area contributed by atoms with Gasteiger partial charge in [0.25, 0.3) is 0 Å². The second kappa shape index (κ2) is 5.71. The average molecular weight is 317 g/mol. The zero-order chi connectivity index (χ0) is 12.8. The van der Waals surface area contributed by atoms with E-state index in [0.717, 1.165) is 22.9 Å². The Labute approximate surface area is 135 Å². The van der Waals surface area contributed by atoms with Crippen molar-refractivity contribution in [1.82, 2.24) is 0 Å². The molecule has 0 atom stereocenters. The molecule has 0 saturated heterocycles. The maximum absolute atomic E-state index is 6.37. The molecule has 0 fully saturated rings. The Morgan fingerprint density at radius 3 is 1.44 bits per heavy atom. The molecular formula is C15H18Cl2Ti. The minimum absolute atomic E-state index is 0. The van der Waals surface area contributed by atoms with Gasteiger partial charge in [-0.15, -0.1) is 0 Å². The van der Waals surface area contributed by atoms with Crippen LogP contribution in [-0.4, -0.2) is 0 Å². The Morgan fingerprint density at radius 2 is 1.22 bits per heavy atom. The first-order valence-electron chi connectivity index (χ1n) is 5.98. The van der Waals surface area contributed by atoms with Crippen molar-refractivity contribution >= 4 is 23.2 Å². The van der Waals surface area contributed by atoms with E-state index < -0.39 is 0 Å². The molecule has 0 radical (unpaired) electrons. The van der Waals surface area contributed by atoms with Gasteiger partial charge in [0.05, 0.1) is 0 Å². The van der Waals surface area contributed by atoms with Crippen molar-refractivity contribution in [2.75, 3.05) is 0 Å². The fraction of sp³-hybridized carbons (Fsp3) is 0.467. The Balaban J connectivity index is 0.00000162. The standard InChI is InChI=1S/C15H18Cl2.Ti/c1-9-5-7-11(16)13(9)15(3,4)14-10(2)6-8-12(14)17;/h5-6H,7-8H2,1-4H3;. The van der Waals surface area contributed by atoms with Gasteiger partial charge in [0.15, 0.2) is 0 Å². The molecule has 0 heterocycles. The predicted molar refractivity (Wildman–Crippen MR) is 76.3 cm³/mol. The molecule has 2 rings (SSSR count). The summed E-state index contributed by atoms with van der Waals surface area (Å²) in [6, 6.07) is 0. The minimum atomic E-state index is -0.0949. The monoisotopic (exact) mass is 316 g/mol. The van der Waals surface area contributed by atoms with Crippen LogP contribution >= 0.6 is 23.2 Å². The number of halogens is 2. The van der Waals surface area contributed by atoms with Crippen molar-refractivity contribution in [2.24, 2.45) is 5.41 Å². The third-order valence-electron chi connectivity index (χ3n) is 3.76. The molecule has 0 aromatic heterocycles. The number of hydrogen-bond donors (Lipinski definition) is 0. The summed E-state index contributed by atoms with van der Waals surface area (Å²) in [4.78, 5) is 0. The SMILES string of the molecule is CC1=CCC(Cl)=C1C(C)(C)C1=C(Cl)CC=C1C.[Ti]. The van der Waals surface area contributed by atoms with Crippen LogP contribution < -0.4 is 0 Å². The van der Waals surface area contributed by atoms with Crippen LogP contribution in [0.4, 0.5) is 0 Å². The molecule has 0 nitrogen and oxygen atoms in total. The van der Waals surface area contributed by atoms with E-state index in [2.05, 4.69) is 39.8 Å². The molecule has 18 heavy (non-hydrogen) atoms. The molecule has 0 aliphatic heterocycles. The molecule has 0 unspecified atom stereocenters. The molecular weight excluding hydrogens is 299 g/mol. The molecule has 2 aliphatic rings. The Kier molecular flexibility index (Phi) is 5.17. The van der Waals surface area contributed by atoms with Crippen LogP contribution in [0.5, 0.6) is 0 Å². The summed E-state index contributed by atoms with van der Waals surface area (Å²) < 4.78 is 0. The number of rotatable bonds is 2. The molecule has 0 N–H and O–H groups in total. The summed E-state index contributed by atoms with van der Waals surface area (Å²) in [5.41, 5.74) is 4.99. The first-order chi connectivity index (χ1) is 7.85. The molecule has 96 valence electrons. The van der Waals surface area contributed by atoms with Gasteiger partial charge in [-0.3, -0.25) is 0 Å². The van der Waals surface area contributed by atoms with Crippen LogP contribution in [0.1, 0.15) is 40.5 Å². The predicted octanol–water partition coefficient (Wildman–Crippen LogP) is 5.70. The first kappa shape index (κ1) is 16.3. The van der Waals surface area contributed by atoms with Crippen molar-refractivity contribution in [2.45, 2.75) is 40.5 Å². The van der Waals surface area contributed by atoms with Crippen molar-refractivity contribution in [3.05, 3.63) is 44.5 Å². The molecule has 0 spiro atoms. The van der Waals surface area contributed by atoms with Gasteiger partial charge in [0.2, 0.25) is 0 Å². The quantitative estimate of drug-likeness (QED) is 0.573. The smallest absolute Gasteiger partial charge is 0.0262 e. The van der Waals surface area contributed by atoms with E-state index in [4.69, 9.17) is 23.2 Å². The summed E-state index contributed by atoms with van der Waals surface area (Å²) in [6.07, 6.45) is 6.11. The zero-order valence-electron chi connectivity index (χ0n) is 11.3. The van der Waals surface area contributed by atoms with Crippen LogP contribution in [0, 0.1) is 5.41 Å². The molecule has 3 heteroatoms. The van der Waals surface area contributed by atoms with Gasteiger partial charge in [-0.1, -0.05) is 49.2 Å². The maximum atomic E-state index is 6.37. The van der Waals surface area contributed by atoms with Gasteiger partial charge in [-0.05, 0) is 36.1 Å². The van der Waals surface area contributed by atoms with E-state index in [1.165, 1.54) is 22.3 Å². The summed E-state index contributed by atoms with van der Waals surface area (Å²) in [7, 11) is 0. The van der Waals surface area contributed by atoms with E-state index in [1.807, 2.05) is 0 Å². The van der Waals surface area contributed by atoms with Crippen molar-refractivity contribution in [1.29, 1.82) is 0 Å². The van der Waals surface area contributed by atoms with Crippen LogP contribution in [0.2, 0.25) is 0 Å². The summed E-state index contributed by atoms with van der Waals surface area (Å²) in [5, 5.41) is 1.92. The van der Waals surface area contributed by atoms with Gasteiger partial charge < -0.3 is 0 Å². The largest absolute Gasteiger partial charge is 0.0885 e. The molecule has 2 aliphatic carbocycles. The van der Waals surface area contributed by atoms with Crippen molar-refractivity contribution < 1.29 is 21.7 Å². The summed E-state index contributed by atoms with van der Waals surface area (Å²) >= 11 is 12.7. The van der Waals surface area contributed by atoms with Crippen molar-refractivity contribution in [3.8, 4) is 0 Å². The van der Waals surface area contributed by atoms with E-state index >= 15 is 0 Å². The molecule has 0 aromatic rings. The van der Waals surface area contributed by atoms with Gasteiger partial charge in [0.1, 0.15) is 0 Å². The average Bonchev–Trinajstić information content (AvgIpc) is 2.71. The minimum Gasteiger partial charge on any atom is -0.0885 e. The number of hydrogen-bond acceptors (Lipinski definition) is 0. The third-order valence-corrected chi connectivity index (χ3v) is 4.44. The first-order valence-corrected chi connectivity index (χ1v) is 6.73. The second-order valence-electron chi connectivity index (χ2n) is 5.37. The van der Waals surface area contributed by atoms with Crippen LogP contribution in [0.3, 0.4) is 0 Å². The summed E-state index contributed by atoms with van der Waals surface area (Å²) in [6.45, 7) is 8.70. The Hall–Kier alpha value is 0.254. The second-order valence-corrected chi connectivity index (χ2v) is 6.28. The van der Waals surface area contributed by atoms with E-state index in [1.54, 1.807) is 0 Å². The van der Waals surface area contributed by atoms with E-state index in [0.29, 0.717) is 0 Å². The van der Waals surface area contributed by atoms with Crippen molar-refractivity contribution in [3.63, 3.8) is 0 Å². The number of allylic oxidation sites excluding steroid dienone is 8. The van der Waals surface area contributed by atoms with Gasteiger partial charge in [0, 0.05) is 50.0 Å². The van der Waals surface area contributed by atoms with Gasteiger partial charge in [-0.2, -0.15) is 0 Å². The fourth-order valence-electron chi connectivity index (χ4n) is 3.11. The van der Waals surface area contributed by atoms with Crippen LogP contribution in [0.25, 0.3) is 0 Å². The molecule has 0 amide bonds. The Morgan fingerprint density at radius 1 is 0.889 bits per heavy atom. The third kappa shape index (κ3) is 2.58. The maximum Gasteiger partial charge on any atom is 0.0262 e. The molecule has 0 aromatic carbocycles. The van der Waals surface area contributed by atoms with E-state index in [9.17, 15) is 0 Å². The van der Waals surface area contributed by atoms with Crippen LogP contribution in [0.15, 0.2) is 44.5 Å².